The summed E-state index contributed by atoms with van der Waals surface area (Å²) in [5.74, 6) is 0.194. The van der Waals surface area contributed by atoms with E-state index in [1.165, 1.54) is 6.92 Å². The first-order valence-corrected chi connectivity index (χ1v) is 3.85. The van der Waals surface area contributed by atoms with Crippen molar-refractivity contribution >= 4 is 11.7 Å². The monoisotopic (exact) mass is 184 g/mol. The number of carbonyl (C=O) groups is 1. The molecule has 6 heteroatoms. The van der Waals surface area contributed by atoms with Crippen molar-refractivity contribution in [3.8, 4) is 0 Å². The lowest BCUT2D eigenvalue weighted by molar-refractivity contribution is 0.0813. The molecule has 0 aliphatic heterocycles. The maximum Gasteiger partial charge on any atom is 0.271 e. The SMILES string of the molecule is CNc1cc(C(=O)NC(C)O)[nH]n1. The van der Waals surface area contributed by atoms with Gasteiger partial charge in [-0.3, -0.25) is 9.89 Å². The minimum atomic E-state index is -0.867. The Kier molecular flexibility index (Phi) is 2.86. The zero-order valence-electron chi connectivity index (χ0n) is 7.46. The molecule has 0 saturated carbocycles. The van der Waals surface area contributed by atoms with Crippen LogP contribution in [0.5, 0.6) is 0 Å². The third kappa shape index (κ3) is 2.45. The summed E-state index contributed by atoms with van der Waals surface area (Å²) < 4.78 is 0. The average molecular weight is 184 g/mol. The van der Waals surface area contributed by atoms with Crippen LogP contribution in [0.3, 0.4) is 0 Å². The van der Waals surface area contributed by atoms with Crippen molar-refractivity contribution in [2.24, 2.45) is 0 Å². The molecule has 0 fully saturated rings. The van der Waals surface area contributed by atoms with E-state index in [4.69, 9.17) is 5.11 Å². The van der Waals surface area contributed by atoms with Crippen molar-refractivity contribution in [3.05, 3.63) is 11.8 Å². The van der Waals surface area contributed by atoms with Gasteiger partial charge in [0, 0.05) is 13.1 Å². The van der Waals surface area contributed by atoms with E-state index in [9.17, 15) is 4.79 Å². The first kappa shape index (κ1) is 9.53. The number of amides is 1. The Morgan fingerprint density at radius 1 is 1.77 bits per heavy atom. The van der Waals surface area contributed by atoms with Crippen molar-refractivity contribution in [2.75, 3.05) is 12.4 Å². The number of rotatable bonds is 3. The molecule has 1 aromatic rings. The number of anilines is 1. The lowest BCUT2D eigenvalue weighted by Gasteiger charge is -2.04. The Hall–Kier alpha value is -1.56. The number of carbonyl (C=O) groups excluding carboxylic acids is 1. The van der Waals surface area contributed by atoms with Gasteiger partial charge in [0.2, 0.25) is 0 Å². The Labute approximate surface area is 75.3 Å². The molecule has 4 N–H and O–H groups in total. The van der Waals surface area contributed by atoms with Gasteiger partial charge in [-0.25, -0.2) is 0 Å². The van der Waals surface area contributed by atoms with Crippen LogP contribution in [-0.4, -0.2) is 34.5 Å². The molecule has 0 aliphatic carbocycles. The van der Waals surface area contributed by atoms with Crippen LogP contribution in [-0.2, 0) is 0 Å². The summed E-state index contributed by atoms with van der Waals surface area (Å²) in [7, 11) is 1.70. The van der Waals surface area contributed by atoms with Gasteiger partial charge in [-0.2, -0.15) is 5.10 Å². The van der Waals surface area contributed by atoms with Crippen molar-refractivity contribution in [3.63, 3.8) is 0 Å². The molecular weight excluding hydrogens is 172 g/mol. The molecule has 0 aromatic carbocycles. The predicted molar refractivity (Wildman–Crippen MR) is 47.3 cm³/mol. The van der Waals surface area contributed by atoms with Gasteiger partial charge in [0.25, 0.3) is 5.91 Å². The summed E-state index contributed by atoms with van der Waals surface area (Å²) >= 11 is 0. The first-order chi connectivity index (χ1) is 6.13. The highest BCUT2D eigenvalue weighted by atomic mass is 16.3. The molecule has 1 atom stereocenters. The third-order valence-electron chi connectivity index (χ3n) is 1.42. The second kappa shape index (κ2) is 3.90. The fourth-order valence-electron chi connectivity index (χ4n) is 0.834. The van der Waals surface area contributed by atoms with Gasteiger partial charge in [-0.05, 0) is 6.92 Å². The molecule has 0 spiro atoms. The number of aliphatic hydroxyl groups excluding tert-OH is 1. The second-order valence-electron chi connectivity index (χ2n) is 2.57. The highest BCUT2D eigenvalue weighted by Crippen LogP contribution is 2.03. The second-order valence-corrected chi connectivity index (χ2v) is 2.57. The summed E-state index contributed by atoms with van der Waals surface area (Å²) in [6, 6.07) is 1.55. The van der Waals surface area contributed by atoms with Crippen LogP contribution in [0.25, 0.3) is 0 Å². The number of nitrogens with one attached hydrogen (secondary N) is 3. The lowest BCUT2D eigenvalue weighted by atomic mass is 10.4. The molecular formula is C7H12N4O2. The number of nitrogens with zero attached hydrogens (tertiary/aromatic N) is 1. The molecule has 0 aliphatic rings. The topological polar surface area (TPSA) is 90.0 Å². The number of hydrogen-bond donors (Lipinski definition) is 4. The zero-order valence-corrected chi connectivity index (χ0v) is 7.46. The van der Waals surface area contributed by atoms with E-state index in [2.05, 4.69) is 20.8 Å². The molecule has 1 amide bonds. The van der Waals surface area contributed by atoms with Crippen LogP contribution in [0.4, 0.5) is 5.82 Å². The molecule has 6 nitrogen and oxygen atoms in total. The van der Waals surface area contributed by atoms with Crippen molar-refractivity contribution < 1.29 is 9.90 Å². The van der Waals surface area contributed by atoms with Gasteiger partial charge in [0.15, 0.2) is 0 Å². The van der Waals surface area contributed by atoms with E-state index < -0.39 is 6.23 Å². The molecule has 0 bridgehead atoms. The number of aromatic amines is 1. The van der Waals surface area contributed by atoms with Gasteiger partial charge < -0.3 is 15.7 Å². The standard InChI is InChI=1S/C7H12N4O2/c1-4(12)9-7(13)5-3-6(8-2)11-10-5/h3-4,12H,1-2H3,(H,9,13)(H2,8,10,11). The van der Waals surface area contributed by atoms with Crippen molar-refractivity contribution in [1.29, 1.82) is 0 Å². The third-order valence-corrected chi connectivity index (χ3v) is 1.42. The normalized spacial score (nSPS) is 12.2. The highest BCUT2D eigenvalue weighted by Gasteiger charge is 2.10. The van der Waals surface area contributed by atoms with E-state index in [1.807, 2.05) is 0 Å². The van der Waals surface area contributed by atoms with E-state index in [1.54, 1.807) is 13.1 Å². The molecule has 1 rings (SSSR count). The van der Waals surface area contributed by atoms with Crippen LogP contribution in [0.1, 0.15) is 17.4 Å². The molecule has 0 radical (unpaired) electrons. The molecule has 72 valence electrons. The number of aromatic nitrogens is 2. The van der Waals surface area contributed by atoms with Crippen molar-refractivity contribution in [1.82, 2.24) is 15.5 Å². The van der Waals surface area contributed by atoms with Gasteiger partial charge >= 0.3 is 0 Å². The van der Waals surface area contributed by atoms with E-state index in [0.29, 0.717) is 11.5 Å². The fourth-order valence-corrected chi connectivity index (χ4v) is 0.834. The fraction of sp³-hybridized carbons (Fsp3) is 0.429. The minimum absolute atomic E-state index is 0.310. The summed E-state index contributed by atoms with van der Waals surface area (Å²) in [4.78, 5) is 11.2. The maximum absolute atomic E-state index is 11.2. The van der Waals surface area contributed by atoms with Gasteiger partial charge in [-0.1, -0.05) is 0 Å². The van der Waals surface area contributed by atoms with Crippen LogP contribution in [0, 0.1) is 0 Å². The summed E-state index contributed by atoms with van der Waals surface area (Å²) in [6.07, 6.45) is -0.867. The quantitative estimate of drug-likeness (QED) is 0.477. The minimum Gasteiger partial charge on any atom is -0.374 e. The lowest BCUT2D eigenvalue weighted by Crippen LogP contribution is -2.32. The molecule has 1 heterocycles. The zero-order chi connectivity index (χ0) is 9.84. The van der Waals surface area contributed by atoms with E-state index in [-0.39, 0.29) is 5.91 Å². The first-order valence-electron chi connectivity index (χ1n) is 3.85. The van der Waals surface area contributed by atoms with Gasteiger partial charge in [0.1, 0.15) is 17.7 Å². The van der Waals surface area contributed by atoms with Crippen LogP contribution < -0.4 is 10.6 Å². The number of hydrogen-bond acceptors (Lipinski definition) is 4. The van der Waals surface area contributed by atoms with Gasteiger partial charge in [0.05, 0.1) is 0 Å². The largest absolute Gasteiger partial charge is 0.374 e. The van der Waals surface area contributed by atoms with E-state index >= 15 is 0 Å². The van der Waals surface area contributed by atoms with Crippen LogP contribution >= 0.6 is 0 Å². The molecule has 0 saturated heterocycles. The Balaban J connectivity index is 2.66. The predicted octanol–water partition coefficient (Wildman–Crippen LogP) is -0.481. The summed E-state index contributed by atoms with van der Waals surface area (Å²) in [5, 5.41) is 20.3. The molecule has 1 aromatic heterocycles. The summed E-state index contributed by atoms with van der Waals surface area (Å²) in [5.41, 5.74) is 0.310. The van der Waals surface area contributed by atoms with Crippen LogP contribution in [0.2, 0.25) is 0 Å². The average Bonchev–Trinajstić information content (AvgIpc) is 2.50. The number of H-pyrrole nitrogens is 1. The molecule has 13 heavy (non-hydrogen) atoms. The Morgan fingerprint density at radius 2 is 2.46 bits per heavy atom. The van der Waals surface area contributed by atoms with E-state index in [0.717, 1.165) is 0 Å². The highest BCUT2D eigenvalue weighted by molar-refractivity contribution is 5.93. The maximum atomic E-state index is 11.2. The molecule has 1 unspecified atom stereocenters. The number of aliphatic hydroxyl groups is 1. The van der Waals surface area contributed by atoms with Crippen molar-refractivity contribution in [2.45, 2.75) is 13.2 Å². The summed E-state index contributed by atoms with van der Waals surface area (Å²) in [6.45, 7) is 1.47. The Bertz CT molecular complexity index is 294. The van der Waals surface area contributed by atoms with Crippen LogP contribution in [0.15, 0.2) is 6.07 Å². The Morgan fingerprint density at radius 3 is 2.92 bits per heavy atom. The smallest absolute Gasteiger partial charge is 0.271 e. The van der Waals surface area contributed by atoms with Gasteiger partial charge in [-0.15, -0.1) is 0 Å².